The fraction of sp³-hybridized carbons (Fsp3) is 0. The highest BCUT2D eigenvalue weighted by Crippen LogP contribution is 2.23. The van der Waals surface area contributed by atoms with E-state index in [1.807, 2.05) is 6.07 Å². The fourth-order valence-corrected chi connectivity index (χ4v) is 2.08. The summed E-state index contributed by atoms with van der Waals surface area (Å²) in [5.74, 6) is 0. The van der Waals surface area contributed by atoms with Gasteiger partial charge < -0.3 is 4.98 Å². The van der Waals surface area contributed by atoms with E-state index >= 15 is 0 Å². The first kappa shape index (κ1) is 7.70. The molecular weight excluding hydrogens is 194 g/mol. The number of nitrogens with one attached hydrogen (secondary N) is 1. The van der Waals surface area contributed by atoms with Gasteiger partial charge in [-0.3, -0.25) is 4.98 Å². The molecule has 3 rings (SSSR count). The molecule has 0 aliphatic heterocycles. The Hall–Kier alpha value is -1.68. The molecule has 3 aromatic heterocycles. The van der Waals surface area contributed by atoms with E-state index in [9.17, 15) is 0 Å². The number of thiophene rings is 1. The second kappa shape index (κ2) is 2.92. The van der Waals surface area contributed by atoms with Gasteiger partial charge in [0.1, 0.15) is 5.52 Å². The predicted octanol–water partition coefficient (Wildman–Crippen LogP) is 2.69. The summed E-state index contributed by atoms with van der Waals surface area (Å²) in [5.41, 5.74) is 4.02. The Labute approximate surface area is 84.5 Å². The molecule has 68 valence electrons. The summed E-state index contributed by atoms with van der Waals surface area (Å²) < 4.78 is 0. The fourth-order valence-electron chi connectivity index (χ4n) is 1.42. The molecule has 0 spiro atoms. The van der Waals surface area contributed by atoms with Crippen molar-refractivity contribution in [1.82, 2.24) is 15.0 Å². The first-order valence-corrected chi connectivity index (χ1v) is 5.20. The molecule has 0 radical (unpaired) electrons. The topological polar surface area (TPSA) is 41.6 Å². The first-order valence-electron chi connectivity index (χ1n) is 4.26. The molecule has 0 aromatic carbocycles. The largest absolute Gasteiger partial charge is 0.338 e. The minimum atomic E-state index is 0.841. The molecular formula is C10H7N3S. The summed E-state index contributed by atoms with van der Waals surface area (Å²) in [7, 11) is 0. The second-order valence-electron chi connectivity index (χ2n) is 2.99. The molecule has 0 saturated carbocycles. The number of nitrogens with zero attached hydrogens (tertiary/aromatic N) is 2. The molecule has 14 heavy (non-hydrogen) atoms. The van der Waals surface area contributed by atoms with E-state index in [-0.39, 0.29) is 0 Å². The van der Waals surface area contributed by atoms with E-state index in [2.05, 4.69) is 31.8 Å². The Kier molecular flexibility index (Phi) is 1.61. The lowest BCUT2D eigenvalue weighted by atomic mass is 10.2. The normalized spacial score (nSPS) is 10.9. The summed E-state index contributed by atoms with van der Waals surface area (Å²) in [5, 5.41) is 4.16. The van der Waals surface area contributed by atoms with Crippen LogP contribution in [0, 0.1) is 0 Å². The number of H-pyrrole nitrogens is 1. The third-order valence-corrected chi connectivity index (χ3v) is 2.78. The van der Waals surface area contributed by atoms with Crippen LogP contribution in [0.15, 0.2) is 35.3 Å². The molecule has 3 nitrogen and oxygen atoms in total. The van der Waals surface area contributed by atoms with Crippen molar-refractivity contribution in [2.45, 2.75) is 0 Å². The van der Waals surface area contributed by atoms with Crippen LogP contribution in [0.4, 0.5) is 0 Å². The van der Waals surface area contributed by atoms with Crippen LogP contribution in [0.3, 0.4) is 0 Å². The molecule has 0 unspecified atom stereocenters. The molecule has 0 saturated heterocycles. The van der Waals surface area contributed by atoms with Gasteiger partial charge in [0.25, 0.3) is 0 Å². The van der Waals surface area contributed by atoms with Gasteiger partial charge in [-0.25, -0.2) is 4.98 Å². The van der Waals surface area contributed by atoms with Crippen LogP contribution in [-0.2, 0) is 0 Å². The van der Waals surface area contributed by atoms with Gasteiger partial charge in [0.2, 0.25) is 0 Å². The summed E-state index contributed by atoms with van der Waals surface area (Å²) in [6, 6.07) is 4.10. The molecule has 3 aromatic rings. The lowest BCUT2D eigenvalue weighted by Gasteiger charge is -1.87. The standard InChI is InChI=1S/C10H7N3S/c1-4-14-6-7(1)8-5-9-10(13-8)12-3-2-11-9/h1-6H,(H,12,13). The van der Waals surface area contributed by atoms with Gasteiger partial charge in [-0.05, 0) is 17.5 Å². The van der Waals surface area contributed by atoms with Crippen LogP contribution in [0.5, 0.6) is 0 Å². The van der Waals surface area contributed by atoms with Crippen molar-refractivity contribution >= 4 is 22.5 Å². The maximum atomic E-state index is 4.22. The Balaban J connectivity index is 2.24. The Morgan fingerprint density at radius 2 is 2.14 bits per heavy atom. The summed E-state index contributed by atoms with van der Waals surface area (Å²) in [6.45, 7) is 0. The van der Waals surface area contributed by atoms with Gasteiger partial charge in [0, 0.05) is 23.3 Å². The molecule has 1 N–H and O–H groups in total. The number of aromatic amines is 1. The maximum Gasteiger partial charge on any atom is 0.156 e. The Morgan fingerprint density at radius 3 is 2.93 bits per heavy atom. The maximum absolute atomic E-state index is 4.22. The van der Waals surface area contributed by atoms with Crippen LogP contribution in [-0.4, -0.2) is 15.0 Å². The van der Waals surface area contributed by atoms with Crippen LogP contribution < -0.4 is 0 Å². The van der Waals surface area contributed by atoms with Gasteiger partial charge in [0.05, 0.1) is 5.69 Å². The highest BCUT2D eigenvalue weighted by atomic mass is 32.1. The summed E-state index contributed by atoms with van der Waals surface area (Å²) in [6.07, 6.45) is 3.39. The lowest BCUT2D eigenvalue weighted by molar-refractivity contribution is 1.26. The minimum absolute atomic E-state index is 0.841. The Bertz CT molecular complexity index is 521. The number of hydrogen-bond donors (Lipinski definition) is 1. The van der Waals surface area contributed by atoms with Gasteiger partial charge in [-0.15, -0.1) is 0 Å². The number of hydrogen-bond acceptors (Lipinski definition) is 3. The van der Waals surface area contributed by atoms with Crippen LogP contribution >= 0.6 is 11.3 Å². The zero-order valence-electron chi connectivity index (χ0n) is 7.27. The van der Waals surface area contributed by atoms with Crippen LogP contribution in [0.1, 0.15) is 0 Å². The van der Waals surface area contributed by atoms with E-state index in [1.165, 1.54) is 5.56 Å². The number of rotatable bonds is 1. The SMILES string of the molecule is c1cnc2[nH]c(-c3ccsc3)cc2n1. The second-order valence-corrected chi connectivity index (χ2v) is 3.77. The third kappa shape index (κ3) is 1.12. The molecule has 3 heterocycles. The number of aromatic nitrogens is 3. The van der Waals surface area contributed by atoms with E-state index < -0.39 is 0 Å². The summed E-state index contributed by atoms with van der Waals surface area (Å²) >= 11 is 1.68. The summed E-state index contributed by atoms with van der Waals surface area (Å²) in [4.78, 5) is 11.6. The van der Waals surface area contributed by atoms with E-state index in [1.54, 1.807) is 23.7 Å². The average Bonchev–Trinajstić information content (AvgIpc) is 2.86. The van der Waals surface area contributed by atoms with Gasteiger partial charge in [-0.2, -0.15) is 11.3 Å². The third-order valence-electron chi connectivity index (χ3n) is 2.09. The van der Waals surface area contributed by atoms with Crippen molar-refractivity contribution in [2.75, 3.05) is 0 Å². The van der Waals surface area contributed by atoms with E-state index in [0.29, 0.717) is 0 Å². The van der Waals surface area contributed by atoms with Crippen molar-refractivity contribution < 1.29 is 0 Å². The molecule has 0 amide bonds. The van der Waals surface area contributed by atoms with Crippen molar-refractivity contribution in [1.29, 1.82) is 0 Å². The molecule has 0 bridgehead atoms. The monoisotopic (exact) mass is 201 g/mol. The van der Waals surface area contributed by atoms with Crippen molar-refractivity contribution in [3.05, 3.63) is 35.3 Å². The Morgan fingerprint density at radius 1 is 1.21 bits per heavy atom. The van der Waals surface area contributed by atoms with Crippen molar-refractivity contribution in [2.24, 2.45) is 0 Å². The molecule has 4 heteroatoms. The zero-order chi connectivity index (χ0) is 9.38. The first-order chi connectivity index (χ1) is 6.93. The predicted molar refractivity (Wildman–Crippen MR) is 57.2 cm³/mol. The van der Waals surface area contributed by atoms with Gasteiger partial charge in [0.15, 0.2) is 5.65 Å². The van der Waals surface area contributed by atoms with Gasteiger partial charge in [-0.1, -0.05) is 0 Å². The van der Waals surface area contributed by atoms with Gasteiger partial charge >= 0.3 is 0 Å². The molecule has 0 atom stereocenters. The smallest absolute Gasteiger partial charge is 0.156 e. The van der Waals surface area contributed by atoms with Crippen molar-refractivity contribution in [3.8, 4) is 11.3 Å². The van der Waals surface area contributed by atoms with E-state index in [0.717, 1.165) is 16.9 Å². The minimum Gasteiger partial charge on any atom is -0.338 e. The lowest BCUT2D eigenvalue weighted by Crippen LogP contribution is -1.76. The highest BCUT2D eigenvalue weighted by Gasteiger charge is 2.03. The highest BCUT2D eigenvalue weighted by molar-refractivity contribution is 7.08. The number of fused-ring (bicyclic) bond motifs is 1. The zero-order valence-corrected chi connectivity index (χ0v) is 8.08. The quantitative estimate of drug-likeness (QED) is 0.657. The van der Waals surface area contributed by atoms with Crippen molar-refractivity contribution in [3.63, 3.8) is 0 Å². The molecule has 0 fully saturated rings. The average molecular weight is 201 g/mol. The van der Waals surface area contributed by atoms with Crippen LogP contribution in [0.2, 0.25) is 0 Å². The molecule has 0 aliphatic carbocycles. The molecule has 0 aliphatic rings. The van der Waals surface area contributed by atoms with E-state index in [4.69, 9.17) is 0 Å². The van der Waals surface area contributed by atoms with Crippen LogP contribution in [0.25, 0.3) is 22.4 Å².